The summed E-state index contributed by atoms with van der Waals surface area (Å²) in [5.74, 6) is -0.277. The lowest BCUT2D eigenvalue weighted by atomic mass is 10.3. The molecule has 0 N–H and O–H groups in total. The van der Waals surface area contributed by atoms with E-state index < -0.39 is 10.0 Å². The number of thioether (sulfide) groups is 1. The van der Waals surface area contributed by atoms with Gasteiger partial charge in [-0.15, -0.1) is 22.3 Å². The summed E-state index contributed by atoms with van der Waals surface area (Å²) in [6.45, 7) is 3.81. The van der Waals surface area contributed by atoms with Crippen molar-refractivity contribution in [1.29, 1.82) is 0 Å². The topological polar surface area (TPSA) is 66.8 Å². The molecule has 0 spiro atoms. The van der Waals surface area contributed by atoms with E-state index in [1.54, 1.807) is 24.3 Å². The monoisotopic (exact) mass is 390 g/mol. The minimum atomic E-state index is -3.89. The van der Waals surface area contributed by atoms with Gasteiger partial charge in [-0.1, -0.05) is 30.3 Å². The van der Waals surface area contributed by atoms with Crippen LogP contribution in [0, 0.1) is 0 Å². The molecule has 1 fully saturated rings. The van der Waals surface area contributed by atoms with Gasteiger partial charge >= 0.3 is 0 Å². The average Bonchev–Trinajstić information content (AvgIpc) is 3.20. The highest BCUT2D eigenvalue weighted by molar-refractivity contribution is 8.19. The number of hydrogen-bond acceptors (Lipinski definition) is 5. The quantitative estimate of drug-likeness (QED) is 0.578. The molecule has 1 aromatic carbocycles. The van der Waals surface area contributed by atoms with Crippen molar-refractivity contribution in [2.24, 2.45) is 4.40 Å². The number of rotatable bonds is 5. The third-order valence-electron chi connectivity index (χ3n) is 3.26. The first-order valence-electron chi connectivity index (χ1n) is 7.27. The highest BCUT2D eigenvalue weighted by Gasteiger charge is 2.34. The largest absolute Gasteiger partial charge is 0.284 e. The molecule has 25 heavy (non-hydrogen) atoms. The van der Waals surface area contributed by atoms with Crippen LogP contribution in [0.1, 0.15) is 4.88 Å². The molecule has 1 aliphatic heterocycles. The van der Waals surface area contributed by atoms with E-state index in [1.165, 1.54) is 34.4 Å². The molecule has 0 atom stereocenters. The van der Waals surface area contributed by atoms with Crippen LogP contribution in [0.25, 0.3) is 6.08 Å². The summed E-state index contributed by atoms with van der Waals surface area (Å²) < 4.78 is 28.9. The summed E-state index contributed by atoms with van der Waals surface area (Å²) in [5, 5.41) is 2.05. The Morgan fingerprint density at radius 3 is 2.56 bits per heavy atom. The fraction of sp³-hybridized carbons (Fsp3) is 0.0588. The van der Waals surface area contributed by atoms with Gasteiger partial charge in [0.1, 0.15) is 0 Å². The fourth-order valence-corrected chi connectivity index (χ4v) is 5.05. The maximum absolute atomic E-state index is 12.6. The third-order valence-corrected chi connectivity index (χ3v) is 6.48. The summed E-state index contributed by atoms with van der Waals surface area (Å²) >= 11 is 2.55. The summed E-state index contributed by atoms with van der Waals surface area (Å²) in [6.07, 6.45) is 3.28. The molecule has 2 aromatic rings. The van der Waals surface area contributed by atoms with Crippen LogP contribution in [-0.4, -0.2) is 30.9 Å². The lowest BCUT2D eigenvalue weighted by molar-refractivity contribution is -0.121. The molecule has 3 rings (SSSR count). The molecule has 1 saturated heterocycles. The van der Waals surface area contributed by atoms with Crippen molar-refractivity contribution in [1.82, 2.24) is 4.90 Å². The molecule has 2 heterocycles. The van der Waals surface area contributed by atoms with Gasteiger partial charge in [0.15, 0.2) is 5.17 Å². The Balaban J connectivity index is 1.99. The second-order valence-corrected chi connectivity index (χ2v) is 8.58. The first kappa shape index (κ1) is 17.7. The zero-order valence-corrected chi connectivity index (χ0v) is 15.5. The van der Waals surface area contributed by atoms with Crippen molar-refractivity contribution in [2.75, 3.05) is 6.54 Å². The number of nitrogens with zero attached hydrogens (tertiary/aromatic N) is 2. The second kappa shape index (κ2) is 7.38. The fourth-order valence-electron chi connectivity index (χ4n) is 2.12. The van der Waals surface area contributed by atoms with Gasteiger partial charge in [-0.05, 0) is 41.4 Å². The molecule has 128 valence electrons. The maximum atomic E-state index is 12.6. The molecule has 8 heteroatoms. The molecule has 1 aromatic heterocycles. The van der Waals surface area contributed by atoms with Crippen molar-refractivity contribution in [3.8, 4) is 0 Å². The average molecular weight is 391 g/mol. The number of amidine groups is 1. The maximum Gasteiger partial charge on any atom is 0.284 e. The second-order valence-electron chi connectivity index (χ2n) is 4.99. The Kier molecular flexibility index (Phi) is 5.22. The predicted octanol–water partition coefficient (Wildman–Crippen LogP) is 3.60. The van der Waals surface area contributed by atoms with Crippen LogP contribution < -0.4 is 0 Å². The van der Waals surface area contributed by atoms with Crippen LogP contribution in [0.4, 0.5) is 0 Å². The van der Waals surface area contributed by atoms with Gasteiger partial charge in [-0.25, -0.2) is 0 Å². The molecular formula is C17H14N2O3S3. The van der Waals surface area contributed by atoms with E-state index in [0.29, 0.717) is 4.91 Å². The number of amides is 1. The van der Waals surface area contributed by atoms with Crippen LogP contribution in [0.2, 0.25) is 0 Å². The van der Waals surface area contributed by atoms with Crippen molar-refractivity contribution in [3.63, 3.8) is 0 Å². The van der Waals surface area contributed by atoms with Gasteiger partial charge < -0.3 is 0 Å². The normalized spacial score (nSPS) is 18.2. The number of sulfonamides is 1. The van der Waals surface area contributed by atoms with E-state index in [9.17, 15) is 13.2 Å². The smallest absolute Gasteiger partial charge is 0.282 e. The third kappa shape index (κ3) is 3.92. The van der Waals surface area contributed by atoms with Crippen LogP contribution in [0.15, 0.2) is 74.7 Å². The Labute approximate surface area is 154 Å². The number of thiophene rings is 1. The van der Waals surface area contributed by atoms with Gasteiger partial charge in [0.2, 0.25) is 0 Å². The van der Waals surface area contributed by atoms with Crippen LogP contribution in [-0.2, 0) is 14.8 Å². The highest BCUT2D eigenvalue weighted by atomic mass is 32.2. The molecule has 5 nitrogen and oxygen atoms in total. The molecule has 0 bridgehead atoms. The van der Waals surface area contributed by atoms with Gasteiger partial charge in [-0.3, -0.25) is 9.69 Å². The SMILES string of the molecule is C=CCN1C(=O)/C(=C/c2cccs2)S/C1=N/S(=O)(=O)c1ccccc1. The summed E-state index contributed by atoms with van der Waals surface area (Å²) in [7, 11) is -3.89. The minimum Gasteiger partial charge on any atom is -0.282 e. The number of hydrogen-bond donors (Lipinski definition) is 0. The molecule has 0 unspecified atom stereocenters. The number of carbonyl (C=O) groups is 1. The number of carbonyl (C=O) groups excluding carboxylic acids is 1. The zero-order valence-electron chi connectivity index (χ0n) is 13.0. The zero-order chi connectivity index (χ0) is 17.9. The van der Waals surface area contributed by atoms with Crippen LogP contribution in [0.3, 0.4) is 0 Å². The molecule has 0 aliphatic carbocycles. The van der Waals surface area contributed by atoms with E-state index in [0.717, 1.165) is 16.6 Å². The first-order valence-corrected chi connectivity index (χ1v) is 10.4. The first-order chi connectivity index (χ1) is 12.0. The molecule has 1 amide bonds. The Morgan fingerprint density at radius 1 is 1.16 bits per heavy atom. The van der Waals surface area contributed by atoms with Gasteiger partial charge in [0.25, 0.3) is 15.9 Å². The summed E-state index contributed by atoms with van der Waals surface area (Å²) in [5.41, 5.74) is 0. The van der Waals surface area contributed by atoms with E-state index in [4.69, 9.17) is 0 Å². The lowest BCUT2D eigenvalue weighted by Gasteiger charge is -2.12. The number of benzene rings is 1. The van der Waals surface area contributed by atoms with Crippen molar-refractivity contribution >= 4 is 50.3 Å². The molecule has 0 radical (unpaired) electrons. The van der Waals surface area contributed by atoms with Crippen molar-refractivity contribution < 1.29 is 13.2 Å². The molecular weight excluding hydrogens is 376 g/mol. The van der Waals surface area contributed by atoms with Gasteiger partial charge in [0.05, 0.1) is 9.80 Å². The van der Waals surface area contributed by atoms with Crippen molar-refractivity contribution in [3.05, 3.63) is 70.3 Å². The van der Waals surface area contributed by atoms with Gasteiger partial charge in [-0.2, -0.15) is 8.42 Å². The minimum absolute atomic E-state index is 0.0878. The van der Waals surface area contributed by atoms with Crippen LogP contribution >= 0.6 is 23.1 Å². The standard InChI is InChI=1S/C17H14N2O3S3/c1-2-10-19-16(20)15(12-13-7-6-11-23-13)24-17(19)18-25(21,22)14-8-4-3-5-9-14/h2-9,11-12H,1,10H2/b15-12-,18-17+. The summed E-state index contributed by atoms with van der Waals surface area (Å²) in [4.78, 5) is 15.3. The Morgan fingerprint density at radius 2 is 1.92 bits per heavy atom. The highest BCUT2D eigenvalue weighted by Crippen LogP contribution is 2.34. The lowest BCUT2D eigenvalue weighted by Crippen LogP contribution is -2.29. The molecule has 1 aliphatic rings. The summed E-state index contributed by atoms with van der Waals surface area (Å²) in [6, 6.07) is 11.7. The van der Waals surface area contributed by atoms with Gasteiger partial charge in [0, 0.05) is 11.4 Å². The van der Waals surface area contributed by atoms with E-state index >= 15 is 0 Å². The van der Waals surface area contributed by atoms with Crippen LogP contribution in [0.5, 0.6) is 0 Å². The Bertz CT molecular complexity index is 946. The van der Waals surface area contributed by atoms with Crippen molar-refractivity contribution in [2.45, 2.75) is 4.90 Å². The van der Waals surface area contributed by atoms with E-state index in [-0.39, 0.29) is 22.5 Å². The molecule has 0 saturated carbocycles. The Hall–Kier alpha value is -2.16. The van der Waals surface area contributed by atoms with E-state index in [1.807, 2.05) is 17.5 Å². The van der Waals surface area contributed by atoms with E-state index in [2.05, 4.69) is 11.0 Å². The predicted molar refractivity (Wildman–Crippen MR) is 103 cm³/mol.